The molecule has 1 aliphatic heterocycles. The Morgan fingerprint density at radius 2 is 2.21 bits per heavy atom. The molecule has 1 saturated heterocycles. The zero-order valence-corrected chi connectivity index (χ0v) is 11.4. The van der Waals surface area contributed by atoms with Crippen molar-refractivity contribution < 1.29 is 24.5 Å². The SMILES string of the molecule is CCN(C(=O)N1CCOCC1CO)C(C)CC(=O)O. The molecule has 2 amide bonds. The number of carbonyl (C=O) groups is 2. The number of carbonyl (C=O) groups excluding carboxylic acids is 1. The van der Waals surface area contributed by atoms with E-state index < -0.39 is 5.97 Å². The summed E-state index contributed by atoms with van der Waals surface area (Å²) < 4.78 is 5.23. The van der Waals surface area contributed by atoms with Gasteiger partial charge in [-0.15, -0.1) is 0 Å². The molecule has 0 saturated carbocycles. The number of rotatable bonds is 5. The van der Waals surface area contributed by atoms with E-state index in [1.807, 2.05) is 6.92 Å². The summed E-state index contributed by atoms with van der Waals surface area (Å²) in [4.78, 5) is 26.2. The van der Waals surface area contributed by atoms with Crippen LogP contribution in [0.1, 0.15) is 20.3 Å². The van der Waals surface area contributed by atoms with E-state index in [1.54, 1.807) is 11.8 Å². The summed E-state index contributed by atoms with van der Waals surface area (Å²) in [5, 5.41) is 18.1. The number of nitrogens with zero attached hydrogens (tertiary/aromatic N) is 2. The van der Waals surface area contributed by atoms with Crippen molar-refractivity contribution >= 4 is 12.0 Å². The highest BCUT2D eigenvalue weighted by Gasteiger charge is 2.31. The van der Waals surface area contributed by atoms with Crippen LogP contribution in [0.4, 0.5) is 4.79 Å². The van der Waals surface area contributed by atoms with Crippen molar-refractivity contribution in [3.05, 3.63) is 0 Å². The number of urea groups is 1. The molecule has 110 valence electrons. The zero-order valence-electron chi connectivity index (χ0n) is 11.4. The molecule has 0 aromatic rings. The van der Waals surface area contributed by atoms with Crippen molar-refractivity contribution in [3.8, 4) is 0 Å². The van der Waals surface area contributed by atoms with E-state index in [-0.39, 0.29) is 31.1 Å². The van der Waals surface area contributed by atoms with Crippen LogP contribution in [0.2, 0.25) is 0 Å². The summed E-state index contributed by atoms with van der Waals surface area (Å²) in [7, 11) is 0. The van der Waals surface area contributed by atoms with Crippen LogP contribution < -0.4 is 0 Å². The molecule has 2 unspecified atom stereocenters. The van der Waals surface area contributed by atoms with Gasteiger partial charge >= 0.3 is 12.0 Å². The fourth-order valence-electron chi connectivity index (χ4n) is 2.22. The van der Waals surface area contributed by atoms with Gasteiger partial charge in [0.1, 0.15) is 0 Å². The lowest BCUT2D eigenvalue weighted by atomic mass is 10.2. The normalized spacial score (nSPS) is 21.0. The Morgan fingerprint density at radius 3 is 2.74 bits per heavy atom. The van der Waals surface area contributed by atoms with Crippen molar-refractivity contribution in [2.75, 3.05) is 32.9 Å². The van der Waals surface area contributed by atoms with Gasteiger partial charge in [0.25, 0.3) is 0 Å². The van der Waals surface area contributed by atoms with Gasteiger partial charge in [-0.1, -0.05) is 0 Å². The molecule has 0 bridgehead atoms. The smallest absolute Gasteiger partial charge is 0.320 e. The fraction of sp³-hybridized carbons (Fsp3) is 0.833. The van der Waals surface area contributed by atoms with E-state index in [4.69, 9.17) is 9.84 Å². The number of aliphatic hydroxyl groups excluding tert-OH is 1. The number of morpholine rings is 1. The molecule has 1 heterocycles. The minimum absolute atomic E-state index is 0.0896. The predicted octanol–water partition coefficient (Wildman–Crippen LogP) is -0.0154. The lowest BCUT2D eigenvalue weighted by molar-refractivity contribution is -0.138. The molecule has 0 radical (unpaired) electrons. The number of carboxylic acid groups (broad SMARTS) is 1. The summed E-state index contributed by atoms with van der Waals surface area (Å²) in [6.45, 7) is 4.97. The Kier molecular flexibility index (Phi) is 6.04. The lowest BCUT2D eigenvalue weighted by Gasteiger charge is -2.39. The molecule has 19 heavy (non-hydrogen) atoms. The maximum Gasteiger partial charge on any atom is 0.320 e. The Balaban J connectivity index is 2.73. The summed E-state index contributed by atoms with van der Waals surface area (Å²) in [6.07, 6.45) is -0.0896. The van der Waals surface area contributed by atoms with Crippen molar-refractivity contribution in [2.24, 2.45) is 0 Å². The van der Waals surface area contributed by atoms with Gasteiger partial charge in [0, 0.05) is 19.1 Å². The average molecular weight is 274 g/mol. The molecule has 0 aromatic heterocycles. The predicted molar refractivity (Wildman–Crippen MR) is 67.9 cm³/mol. The average Bonchev–Trinajstić information content (AvgIpc) is 2.38. The molecular weight excluding hydrogens is 252 g/mol. The standard InChI is InChI=1S/C12H22N2O5/c1-3-13(9(2)6-11(16)17)12(18)14-4-5-19-8-10(14)7-15/h9-10,15H,3-8H2,1-2H3,(H,16,17). The first-order valence-corrected chi connectivity index (χ1v) is 6.48. The minimum atomic E-state index is -0.931. The second-order valence-corrected chi connectivity index (χ2v) is 4.62. The van der Waals surface area contributed by atoms with Gasteiger partial charge in [-0.25, -0.2) is 4.79 Å². The van der Waals surface area contributed by atoms with E-state index in [9.17, 15) is 14.7 Å². The molecule has 2 N–H and O–H groups in total. The third kappa shape index (κ3) is 4.07. The number of ether oxygens (including phenoxy) is 1. The Labute approximate surface area is 112 Å². The van der Waals surface area contributed by atoms with Gasteiger partial charge in [-0.3, -0.25) is 4.79 Å². The highest BCUT2D eigenvalue weighted by Crippen LogP contribution is 2.13. The molecule has 0 spiro atoms. The fourth-order valence-corrected chi connectivity index (χ4v) is 2.22. The quantitative estimate of drug-likeness (QED) is 0.735. The van der Waals surface area contributed by atoms with E-state index in [0.717, 1.165) is 0 Å². The molecule has 7 nitrogen and oxygen atoms in total. The van der Waals surface area contributed by atoms with Crippen LogP contribution in [0.3, 0.4) is 0 Å². The second kappa shape index (κ2) is 7.30. The van der Waals surface area contributed by atoms with E-state index >= 15 is 0 Å². The van der Waals surface area contributed by atoms with Gasteiger partial charge in [0.2, 0.25) is 0 Å². The number of aliphatic hydroxyl groups is 1. The molecule has 0 aromatic carbocycles. The molecular formula is C12H22N2O5. The van der Waals surface area contributed by atoms with Crippen LogP contribution in [-0.4, -0.2) is 77.0 Å². The molecule has 7 heteroatoms. The van der Waals surface area contributed by atoms with Gasteiger partial charge in [-0.05, 0) is 13.8 Å². The van der Waals surface area contributed by atoms with E-state index in [2.05, 4.69) is 0 Å². The van der Waals surface area contributed by atoms with Crippen LogP contribution in [0.25, 0.3) is 0 Å². The molecule has 2 atom stereocenters. The van der Waals surface area contributed by atoms with Crippen LogP contribution in [0.15, 0.2) is 0 Å². The summed E-state index contributed by atoms with van der Waals surface area (Å²) >= 11 is 0. The third-order valence-electron chi connectivity index (χ3n) is 3.27. The first-order valence-electron chi connectivity index (χ1n) is 6.48. The topological polar surface area (TPSA) is 90.3 Å². The zero-order chi connectivity index (χ0) is 14.4. The maximum absolute atomic E-state index is 12.4. The highest BCUT2D eigenvalue weighted by atomic mass is 16.5. The highest BCUT2D eigenvalue weighted by molar-refractivity contribution is 5.76. The van der Waals surface area contributed by atoms with Gasteiger partial charge in [0.15, 0.2) is 0 Å². The molecule has 1 fully saturated rings. The first-order chi connectivity index (χ1) is 9.01. The van der Waals surface area contributed by atoms with Crippen LogP contribution in [-0.2, 0) is 9.53 Å². The van der Waals surface area contributed by atoms with Crippen LogP contribution in [0.5, 0.6) is 0 Å². The van der Waals surface area contributed by atoms with Gasteiger partial charge in [-0.2, -0.15) is 0 Å². The van der Waals surface area contributed by atoms with Gasteiger partial charge < -0.3 is 24.7 Å². The number of aliphatic carboxylic acids is 1. The monoisotopic (exact) mass is 274 g/mol. The largest absolute Gasteiger partial charge is 0.481 e. The lowest BCUT2D eigenvalue weighted by Crippen LogP contribution is -2.56. The first kappa shape index (κ1) is 15.7. The Hall–Kier alpha value is -1.34. The second-order valence-electron chi connectivity index (χ2n) is 4.62. The Morgan fingerprint density at radius 1 is 1.53 bits per heavy atom. The number of hydrogen-bond donors (Lipinski definition) is 2. The maximum atomic E-state index is 12.4. The van der Waals surface area contributed by atoms with Crippen molar-refractivity contribution in [1.82, 2.24) is 9.80 Å². The number of hydrogen-bond acceptors (Lipinski definition) is 4. The summed E-state index contributed by atoms with van der Waals surface area (Å²) in [6, 6.07) is -0.969. The van der Waals surface area contributed by atoms with Crippen molar-refractivity contribution in [1.29, 1.82) is 0 Å². The summed E-state index contributed by atoms with van der Waals surface area (Å²) in [5.41, 5.74) is 0. The van der Waals surface area contributed by atoms with Crippen molar-refractivity contribution in [2.45, 2.75) is 32.4 Å². The molecule has 1 rings (SSSR count). The molecule has 1 aliphatic rings. The summed E-state index contributed by atoms with van der Waals surface area (Å²) in [5.74, 6) is -0.931. The minimum Gasteiger partial charge on any atom is -0.481 e. The van der Waals surface area contributed by atoms with Gasteiger partial charge in [0.05, 0.1) is 32.3 Å². The van der Waals surface area contributed by atoms with E-state index in [1.165, 1.54) is 4.90 Å². The Bertz CT molecular complexity index is 323. The third-order valence-corrected chi connectivity index (χ3v) is 3.27. The van der Waals surface area contributed by atoms with Crippen LogP contribution >= 0.6 is 0 Å². The number of amides is 2. The number of carboxylic acids is 1. The van der Waals surface area contributed by atoms with Crippen LogP contribution in [0, 0.1) is 0 Å². The van der Waals surface area contributed by atoms with E-state index in [0.29, 0.717) is 26.3 Å². The van der Waals surface area contributed by atoms with Crippen molar-refractivity contribution in [3.63, 3.8) is 0 Å². The molecule has 0 aliphatic carbocycles.